The van der Waals surface area contributed by atoms with Crippen molar-refractivity contribution >= 4 is 5.78 Å². The average molecular weight is 180 g/mol. The third-order valence-electron chi connectivity index (χ3n) is 2.15. The largest absolute Gasteiger partial charge is 0.324 e. The van der Waals surface area contributed by atoms with Gasteiger partial charge in [0.15, 0.2) is 5.78 Å². The number of nitrogens with two attached hydrogens (primary N) is 1. The highest BCUT2D eigenvalue weighted by Gasteiger charge is 2.22. The van der Waals surface area contributed by atoms with Crippen LogP contribution >= 0.6 is 0 Å². The van der Waals surface area contributed by atoms with Crippen molar-refractivity contribution < 1.29 is 4.79 Å². The minimum atomic E-state index is -0.151. The van der Waals surface area contributed by atoms with Crippen molar-refractivity contribution in [1.82, 2.24) is 15.0 Å². The van der Waals surface area contributed by atoms with Crippen molar-refractivity contribution in [2.75, 3.05) is 6.54 Å². The molecular formula is C8H12N4O. The number of hydrogen-bond acceptors (Lipinski definition) is 4. The molecule has 0 aliphatic heterocycles. The van der Waals surface area contributed by atoms with Crippen molar-refractivity contribution in [3.8, 4) is 0 Å². The number of carbonyl (C=O) groups excluding carboxylic acids is 1. The molecule has 0 aromatic carbocycles. The maximum Gasteiger partial charge on any atom is 0.198 e. The Morgan fingerprint density at radius 1 is 1.69 bits per heavy atom. The predicted octanol–water partition coefficient (Wildman–Crippen LogP) is -0.171. The number of nitrogens with zero attached hydrogens (tertiary/aromatic N) is 3. The third-order valence-corrected chi connectivity index (χ3v) is 2.15. The molecule has 1 fully saturated rings. The Labute approximate surface area is 75.9 Å². The summed E-state index contributed by atoms with van der Waals surface area (Å²) in [6.45, 7) is 0.882. The SMILES string of the molecule is NCC(=O)c1cn(CC2CC2)nn1. The van der Waals surface area contributed by atoms with Crippen LogP contribution in [0.4, 0.5) is 0 Å². The number of aromatic nitrogens is 3. The summed E-state index contributed by atoms with van der Waals surface area (Å²) in [6, 6.07) is 0. The second kappa shape index (κ2) is 3.26. The summed E-state index contributed by atoms with van der Waals surface area (Å²) in [4.78, 5) is 11.1. The lowest BCUT2D eigenvalue weighted by atomic mass is 10.3. The molecule has 0 saturated heterocycles. The number of Topliss-reactive ketones (excluding diaryl/α,β-unsaturated/α-hetero) is 1. The number of hydrogen-bond donors (Lipinski definition) is 1. The van der Waals surface area contributed by atoms with Gasteiger partial charge in [-0.3, -0.25) is 9.48 Å². The molecule has 0 bridgehead atoms. The maximum absolute atomic E-state index is 11.1. The summed E-state index contributed by atoms with van der Waals surface area (Å²) in [6.07, 6.45) is 4.20. The maximum atomic E-state index is 11.1. The van der Waals surface area contributed by atoms with Gasteiger partial charge in [0.25, 0.3) is 0 Å². The van der Waals surface area contributed by atoms with E-state index >= 15 is 0 Å². The van der Waals surface area contributed by atoms with Gasteiger partial charge in [-0.25, -0.2) is 0 Å². The lowest BCUT2D eigenvalue weighted by molar-refractivity contribution is 0.0996. The van der Waals surface area contributed by atoms with E-state index in [1.165, 1.54) is 12.8 Å². The molecule has 0 unspecified atom stereocenters. The molecule has 1 saturated carbocycles. The molecule has 5 heteroatoms. The minimum Gasteiger partial charge on any atom is -0.324 e. The summed E-state index contributed by atoms with van der Waals surface area (Å²) in [5, 5.41) is 7.61. The number of ketones is 1. The third kappa shape index (κ3) is 1.92. The first-order chi connectivity index (χ1) is 6.29. The lowest BCUT2D eigenvalue weighted by Gasteiger charge is -1.94. The minimum absolute atomic E-state index is 0.00211. The second-order valence-electron chi connectivity index (χ2n) is 3.40. The summed E-state index contributed by atoms with van der Waals surface area (Å²) in [7, 11) is 0. The molecule has 1 aromatic rings. The zero-order valence-electron chi connectivity index (χ0n) is 7.31. The van der Waals surface area contributed by atoms with Gasteiger partial charge in [-0.2, -0.15) is 0 Å². The van der Waals surface area contributed by atoms with Crippen LogP contribution in [0.5, 0.6) is 0 Å². The molecule has 1 heterocycles. The zero-order chi connectivity index (χ0) is 9.26. The Morgan fingerprint density at radius 3 is 3.08 bits per heavy atom. The van der Waals surface area contributed by atoms with Crippen LogP contribution in [0.15, 0.2) is 6.20 Å². The highest BCUT2D eigenvalue weighted by molar-refractivity contribution is 5.95. The van der Waals surface area contributed by atoms with E-state index in [2.05, 4.69) is 10.3 Å². The molecule has 13 heavy (non-hydrogen) atoms. The Morgan fingerprint density at radius 2 is 2.46 bits per heavy atom. The van der Waals surface area contributed by atoms with Gasteiger partial charge in [0.05, 0.1) is 12.7 Å². The molecule has 2 rings (SSSR count). The Hall–Kier alpha value is -1.23. The zero-order valence-corrected chi connectivity index (χ0v) is 7.31. The van der Waals surface area contributed by atoms with Gasteiger partial charge in [-0.1, -0.05) is 5.21 Å². The van der Waals surface area contributed by atoms with E-state index in [0.29, 0.717) is 5.69 Å². The quantitative estimate of drug-likeness (QED) is 0.653. The van der Waals surface area contributed by atoms with Gasteiger partial charge in [-0.05, 0) is 18.8 Å². The molecule has 70 valence electrons. The van der Waals surface area contributed by atoms with Gasteiger partial charge in [0.1, 0.15) is 5.69 Å². The average Bonchev–Trinajstić information content (AvgIpc) is 2.81. The van der Waals surface area contributed by atoms with E-state index in [9.17, 15) is 4.79 Å². The van der Waals surface area contributed by atoms with Crippen molar-refractivity contribution in [2.24, 2.45) is 11.7 Å². The van der Waals surface area contributed by atoms with Gasteiger partial charge >= 0.3 is 0 Å². The van der Waals surface area contributed by atoms with Crippen LogP contribution in [0, 0.1) is 5.92 Å². The van der Waals surface area contributed by atoms with Crippen LogP contribution in [-0.2, 0) is 6.54 Å². The highest BCUT2D eigenvalue weighted by Crippen LogP contribution is 2.30. The molecule has 1 aliphatic rings. The topological polar surface area (TPSA) is 73.8 Å². The molecule has 1 aromatic heterocycles. The smallest absolute Gasteiger partial charge is 0.198 e. The van der Waals surface area contributed by atoms with Gasteiger partial charge in [-0.15, -0.1) is 5.10 Å². The highest BCUT2D eigenvalue weighted by atomic mass is 16.1. The fourth-order valence-corrected chi connectivity index (χ4v) is 1.18. The molecule has 5 nitrogen and oxygen atoms in total. The fourth-order valence-electron chi connectivity index (χ4n) is 1.18. The first-order valence-corrected chi connectivity index (χ1v) is 4.43. The van der Waals surface area contributed by atoms with Gasteiger partial charge < -0.3 is 5.73 Å². The normalized spacial score (nSPS) is 16.1. The van der Waals surface area contributed by atoms with Gasteiger partial charge in [0, 0.05) is 6.54 Å². The summed E-state index contributed by atoms with van der Waals surface area (Å²) in [5.74, 6) is 0.588. The Balaban J connectivity index is 2.03. The summed E-state index contributed by atoms with van der Waals surface area (Å²) >= 11 is 0. The van der Waals surface area contributed by atoms with Crippen LogP contribution in [0.3, 0.4) is 0 Å². The van der Waals surface area contributed by atoms with Crippen LogP contribution < -0.4 is 5.73 Å². The molecule has 1 aliphatic carbocycles. The second-order valence-corrected chi connectivity index (χ2v) is 3.40. The molecular weight excluding hydrogens is 168 g/mol. The van der Waals surface area contributed by atoms with E-state index in [4.69, 9.17) is 5.73 Å². The molecule has 2 N–H and O–H groups in total. The van der Waals surface area contributed by atoms with Crippen LogP contribution in [0.2, 0.25) is 0 Å². The fraction of sp³-hybridized carbons (Fsp3) is 0.625. The van der Waals surface area contributed by atoms with Crippen molar-refractivity contribution in [3.05, 3.63) is 11.9 Å². The van der Waals surface area contributed by atoms with Crippen molar-refractivity contribution in [1.29, 1.82) is 0 Å². The predicted molar refractivity (Wildman–Crippen MR) is 46.1 cm³/mol. The molecule has 0 spiro atoms. The van der Waals surface area contributed by atoms with Crippen molar-refractivity contribution in [2.45, 2.75) is 19.4 Å². The summed E-state index contributed by atoms with van der Waals surface area (Å²) in [5.41, 5.74) is 5.58. The lowest BCUT2D eigenvalue weighted by Crippen LogP contribution is -2.13. The Bertz CT molecular complexity index is 316. The first kappa shape index (κ1) is 8.37. The molecule has 0 amide bonds. The number of rotatable bonds is 4. The summed E-state index contributed by atoms with van der Waals surface area (Å²) < 4.78 is 1.72. The van der Waals surface area contributed by atoms with Crippen LogP contribution in [-0.4, -0.2) is 27.3 Å². The standard InChI is InChI=1S/C8H12N4O/c9-3-8(13)7-5-12(11-10-7)4-6-1-2-6/h5-6H,1-4,9H2. The van der Waals surface area contributed by atoms with Crippen molar-refractivity contribution in [3.63, 3.8) is 0 Å². The van der Waals surface area contributed by atoms with Crippen LogP contribution in [0.25, 0.3) is 0 Å². The van der Waals surface area contributed by atoms with E-state index in [1.54, 1.807) is 10.9 Å². The van der Waals surface area contributed by atoms with Gasteiger partial charge in [0.2, 0.25) is 0 Å². The van der Waals surface area contributed by atoms with E-state index in [-0.39, 0.29) is 12.3 Å². The molecule has 0 atom stereocenters. The molecule has 0 radical (unpaired) electrons. The van der Waals surface area contributed by atoms with E-state index in [0.717, 1.165) is 12.5 Å². The Kier molecular flexibility index (Phi) is 2.10. The number of carbonyl (C=O) groups is 1. The first-order valence-electron chi connectivity index (χ1n) is 4.43. The van der Waals surface area contributed by atoms with Crippen LogP contribution in [0.1, 0.15) is 23.3 Å². The van der Waals surface area contributed by atoms with E-state index < -0.39 is 0 Å². The monoisotopic (exact) mass is 180 g/mol. The van der Waals surface area contributed by atoms with E-state index in [1.807, 2.05) is 0 Å².